The summed E-state index contributed by atoms with van der Waals surface area (Å²) in [5.74, 6) is -0.243. The Balaban J connectivity index is 3.24. The molecule has 0 atom stereocenters. The van der Waals surface area contributed by atoms with Crippen LogP contribution in [0.1, 0.15) is 41.0 Å². The van der Waals surface area contributed by atoms with Crippen molar-refractivity contribution in [2.75, 3.05) is 18.5 Å². The largest absolute Gasteiger partial charge is 0.493 e. The van der Waals surface area contributed by atoms with Crippen LogP contribution in [-0.4, -0.2) is 30.3 Å². The average Bonchev–Trinajstić information content (AvgIpc) is 2.39. The molecule has 0 spiro atoms. The Morgan fingerprint density at radius 3 is 2.53 bits per heavy atom. The van der Waals surface area contributed by atoms with Gasteiger partial charge in [0.25, 0.3) is 0 Å². The lowest BCUT2D eigenvalue weighted by Gasteiger charge is -2.13. The highest BCUT2D eigenvalue weighted by molar-refractivity contribution is 9.09. The van der Waals surface area contributed by atoms with E-state index < -0.39 is 5.97 Å². The maximum absolute atomic E-state index is 12.0. The predicted molar refractivity (Wildman–Crippen MR) is 76.3 cm³/mol. The number of carbonyl (C=O) groups excluding carboxylic acids is 2. The number of hydrogen-bond donors (Lipinski definition) is 0. The molecule has 0 saturated carbocycles. The van der Waals surface area contributed by atoms with Gasteiger partial charge < -0.3 is 9.47 Å². The summed E-state index contributed by atoms with van der Waals surface area (Å²) in [6.45, 7) is 4.22. The monoisotopic (exact) mass is 328 g/mol. The molecule has 19 heavy (non-hydrogen) atoms. The number of halogens is 1. The first-order valence-corrected chi connectivity index (χ1v) is 7.29. The second-order valence-corrected chi connectivity index (χ2v) is 4.49. The van der Waals surface area contributed by atoms with E-state index in [4.69, 9.17) is 9.47 Å². The number of Topliss-reactive ketones (excluding diaryl/α,β-unsaturated/α-hetero) is 1. The number of hydrogen-bond acceptors (Lipinski definition) is 4. The third-order valence-electron chi connectivity index (χ3n) is 2.43. The van der Waals surface area contributed by atoms with Gasteiger partial charge in [-0.1, -0.05) is 28.1 Å². The van der Waals surface area contributed by atoms with Crippen LogP contribution in [0.4, 0.5) is 0 Å². The first-order valence-electron chi connectivity index (χ1n) is 6.17. The average molecular weight is 329 g/mol. The van der Waals surface area contributed by atoms with Crippen LogP contribution in [0.5, 0.6) is 5.75 Å². The lowest BCUT2D eigenvalue weighted by atomic mass is 10.0. The molecular formula is C14H17BrO4. The Morgan fingerprint density at radius 1 is 1.21 bits per heavy atom. The van der Waals surface area contributed by atoms with Crippen molar-refractivity contribution in [2.24, 2.45) is 0 Å². The van der Waals surface area contributed by atoms with E-state index in [2.05, 4.69) is 15.9 Å². The lowest BCUT2D eigenvalue weighted by Crippen LogP contribution is -2.14. The van der Waals surface area contributed by atoms with Gasteiger partial charge in [0.2, 0.25) is 0 Å². The van der Waals surface area contributed by atoms with Crippen LogP contribution in [-0.2, 0) is 4.74 Å². The number of benzene rings is 1. The Bertz CT molecular complexity index is 457. The third-order valence-corrected chi connectivity index (χ3v) is 2.82. The van der Waals surface area contributed by atoms with E-state index in [-0.39, 0.29) is 18.0 Å². The molecule has 0 aromatic heterocycles. The molecule has 0 amide bonds. The molecule has 4 nitrogen and oxygen atoms in total. The van der Waals surface area contributed by atoms with E-state index >= 15 is 0 Å². The number of alkyl halides is 1. The van der Waals surface area contributed by atoms with Crippen molar-refractivity contribution in [3.05, 3.63) is 29.3 Å². The molecule has 0 saturated heterocycles. The Hall–Kier alpha value is -1.36. The number of ether oxygens (including phenoxy) is 2. The fourth-order valence-electron chi connectivity index (χ4n) is 1.67. The van der Waals surface area contributed by atoms with Crippen molar-refractivity contribution in [1.29, 1.82) is 0 Å². The van der Waals surface area contributed by atoms with Crippen LogP contribution in [0, 0.1) is 0 Å². The van der Waals surface area contributed by atoms with Crippen molar-refractivity contribution in [1.82, 2.24) is 0 Å². The van der Waals surface area contributed by atoms with Crippen LogP contribution < -0.4 is 4.74 Å². The molecule has 0 bridgehead atoms. The highest BCUT2D eigenvalue weighted by Crippen LogP contribution is 2.25. The van der Waals surface area contributed by atoms with Gasteiger partial charge in [0.15, 0.2) is 5.78 Å². The predicted octanol–water partition coefficient (Wildman–Crippen LogP) is 3.23. The molecule has 0 aliphatic carbocycles. The zero-order chi connectivity index (χ0) is 14.3. The van der Waals surface area contributed by atoms with Crippen LogP contribution >= 0.6 is 15.9 Å². The molecule has 0 heterocycles. The van der Waals surface area contributed by atoms with Crippen molar-refractivity contribution >= 4 is 27.7 Å². The zero-order valence-electron chi connectivity index (χ0n) is 11.1. The van der Waals surface area contributed by atoms with Gasteiger partial charge in [0, 0.05) is 17.3 Å². The van der Waals surface area contributed by atoms with Gasteiger partial charge in [0.1, 0.15) is 11.3 Å². The third kappa shape index (κ3) is 4.06. The molecule has 104 valence electrons. The van der Waals surface area contributed by atoms with Gasteiger partial charge >= 0.3 is 5.97 Å². The second kappa shape index (κ2) is 7.94. The normalized spacial score (nSPS) is 10.1. The standard InChI is InChI=1S/C14H17BrO4/c1-3-18-12-7-5-6-10(11(16)8-9-15)13(12)14(17)19-4-2/h5-7H,3-4,8-9H2,1-2H3. The molecule has 0 aliphatic rings. The SMILES string of the molecule is CCOC(=O)c1c(OCC)cccc1C(=O)CCBr. The fourth-order valence-corrected chi connectivity index (χ4v) is 2.03. The smallest absolute Gasteiger partial charge is 0.342 e. The summed E-state index contributed by atoms with van der Waals surface area (Å²) in [6.07, 6.45) is 0.321. The van der Waals surface area contributed by atoms with E-state index in [1.165, 1.54) is 0 Å². The first-order chi connectivity index (χ1) is 9.15. The van der Waals surface area contributed by atoms with Crippen molar-refractivity contribution in [3.63, 3.8) is 0 Å². The van der Waals surface area contributed by atoms with E-state index in [1.54, 1.807) is 25.1 Å². The van der Waals surface area contributed by atoms with Gasteiger partial charge in [0.05, 0.1) is 13.2 Å². The van der Waals surface area contributed by atoms with Crippen LogP contribution in [0.15, 0.2) is 18.2 Å². The number of ketones is 1. The summed E-state index contributed by atoms with van der Waals surface area (Å²) >= 11 is 3.22. The van der Waals surface area contributed by atoms with Crippen molar-refractivity contribution in [2.45, 2.75) is 20.3 Å². The number of esters is 1. The van der Waals surface area contributed by atoms with Crippen molar-refractivity contribution in [3.8, 4) is 5.75 Å². The maximum Gasteiger partial charge on any atom is 0.342 e. The number of carbonyl (C=O) groups is 2. The molecule has 0 radical (unpaired) electrons. The molecule has 0 N–H and O–H groups in total. The quantitative estimate of drug-likeness (QED) is 0.438. The van der Waals surface area contributed by atoms with Crippen LogP contribution in [0.3, 0.4) is 0 Å². The topological polar surface area (TPSA) is 52.6 Å². The van der Waals surface area contributed by atoms with E-state index in [0.29, 0.717) is 29.7 Å². The zero-order valence-corrected chi connectivity index (χ0v) is 12.7. The van der Waals surface area contributed by atoms with E-state index in [9.17, 15) is 9.59 Å². The fraction of sp³-hybridized carbons (Fsp3) is 0.429. The number of rotatable bonds is 7. The van der Waals surface area contributed by atoms with E-state index in [1.807, 2.05) is 6.92 Å². The molecular weight excluding hydrogens is 312 g/mol. The summed E-state index contributed by atoms with van der Waals surface area (Å²) in [7, 11) is 0. The minimum Gasteiger partial charge on any atom is -0.493 e. The first kappa shape index (κ1) is 15.7. The second-order valence-electron chi connectivity index (χ2n) is 3.69. The molecule has 1 aromatic rings. The summed E-state index contributed by atoms with van der Waals surface area (Å²) in [5.41, 5.74) is 0.570. The van der Waals surface area contributed by atoms with Gasteiger partial charge in [-0.25, -0.2) is 4.79 Å². The van der Waals surface area contributed by atoms with Gasteiger partial charge in [-0.15, -0.1) is 0 Å². The minimum atomic E-state index is -0.524. The summed E-state index contributed by atoms with van der Waals surface area (Å²) in [5, 5.41) is 0.549. The van der Waals surface area contributed by atoms with E-state index in [0.717, 1.165) is 0 Å². The summed E-state index contributed by atoms with van der Waals surface area (Å²) in [4.78, 5) is 24.0. The molecule has 1 aromatic carbocycles. The minimum absolute atomic E-state index is 0.110. The molecule has 5 heteroatoms. The van der Waals surface area contributed by atoms with Crippen LogP contribution in [0.25, 0.3) is 0 Å². The highest BCUT2D eigenvalue weighted by atomic mass is 79.9. The lowest BCUT2D eigenvalue weighted by molar-refractivity contribution is 0.0518. The molecule has 0 unspecified atom stereocenters. The van der Waals surface area contributed by atoms with Gasteiger partial charge in [-0.2, -0.15) is 0 Å². The molecule has 0 fully saturated rings. The molecule has 1 rings (SSSR count). The highest BCUT2D eigenvalue weighted by Gasteiger charge is 2.22. The Labute approximate surface area is 121 Å². The maximum atomic E-state index is 12.0. The van der Waals surface area contributed by atoms with Gasteiger partial charge in [-0.3, -0.25) is 4.79 Å². The Morgan fingerprint density at radius 2 is 1.95 bits per heavy atom. The summed E-state index contributed by atoms with van der Waals surface area (Å²) in [6, 6.07) is 5.00. The molecule has 0 aliphatic heterocycles. The summed E-state index contributed by atoms with van der Waals surface area (Å²) < 4.78 is 10.4. The van der Waals surface area contributed by atoms with Gasteiger partial charge in [-0.05, 0) is 19.9 Å². The Kier molecular flexibility index (Phi) is 6.56. The van der Waals surface area contributed by atoms with Crippen molar-refractivity contribution < 1.29 is 19.1 Å². The van der Waals surface area contributed by atoms with Crippen LogP contribution in [0.2, 0.25) is 0 Å².